The van der Waals surface area contributed by atoms with Gasteiger partial charge in [0, 0.05) is 6.20 Å². The third kappa shape index (κ3) is 3.95. The summed E-state index contributed by atoms with van der Waals surface area (Å²) < 4.78 is 5.81. The summed E-state index contributed by atoms with van der Waals surface area (Å²) in [6, 6.07) is 20.6. The Hall–Kier alpha value is -3.14. The largest absolute Gasteiger partial charge is 0.488 e. The Kier molecular flexibility index (Phi) is 4.64. The van der Waals surface area contributed by atoms with Crippen molar-refractivity contribution in [3.05, 3.63) is 90.3 Å². The van der Waals surface area contributed by atoms with Crippen molar-refractivity contribution in [3.8, 4) is 5.75 Å². The molecule has 0 saturated carbocycles. The van der Waals surface area contributed by atoms with E-state index in [4.69, 9.17) is 4.74 Å². The van der Waals surface area contributed by atoms with Gasteiger partial charge in [0.05, 0.1) is 17.4 Å². The van der Waals surface area contributed by atoms with Crippen LogP contribution < -0.4 is 10.1 Å². The van der Waals surface area contributed by atoms with E-state index in [9.17, 15) is 4.79 Å². The second kappa shape index (κ2) is 7.22. The maximum Gasteiger partial charge on any atom is 0.259 e. The van der Waals surface area contributed by atoms with Crippen molar-refractivity contribution < 1.29 is 9.53 Å². The number of amides is 1. The number of rotatable bonds is 5. The molecule has 1 aromatic heterocycles. The van der Waals surface area contributed by atoms with Crippen molar-refractivity contribution in [3.63, 3.8) is 0 Å². The fourth-order valence-electron chi connectivity index (χ4n) is 2.15. The minimum Gasteiger partial charge on any atom is -0.488 e. The zero-order valence-corrected chi connectivity index (χ0v) is 12.5. The second-order valence-electron chi connectivity index (χ2n) is 4.97. The van der Waals surface area contributed by atoms with Gasteiger partial charge in [-0.1, -0.05) is 42.5 Å². The van der Waals surface area contributed by atoms with Gasteiger partial charge in [-0.3, -0.25) is 9.78 Å². The number of aromatic nitrogens is 1. The molecule has 0 aliphatic heterocycles. The monoisotopic (exact) mass is 304 g/mol. The summed E-state index contributed by atoms with van der Waals surface area (Å²) in [5.74, 6) is 0.333. The van der Waals surface area contributed by atoms with Gasteiger partial charge in [-0.15, -0.1) is 0 Å². The summed E-state index contributed by atoms with van der Waals surface area (Å²) in [5.41, 5.74) is 2.19. The molecule has 1 N–H and O–H groups in total. The van der Waals surface area contributed by atoms with Crippen molar-refractivity contribution in [1.82, 2.24) is 4.98 Å². The van der Waals surface area contributed by atoms with Gasteiger partial charge in [0.15, 0.2) is 0 Å². The van der Waals surface area contributed by atoms with Crippen LogP contribution in [0, 0.1) is 0 Å². The minimum absolute atomic E-state index is 0.221. The molecule has 0 spiro atoms. The van der Waals surface area contributed by atoms with Gasteiger partial charge in [0.1, 0.15) is 12.4 Å². The first kappa shape index (κ1) is 14.8. The van der Waals surface area contributed by atoms with E-state index >= 15 is 0 Å². The van der Waals surface area contributed by atoms with Crippen LogP contribution in [0.3, 0.4) is 0 Å². The highest BCUT2D eigenvalue weighted by atomic mass is 16.5. The topological polar surface area (TPSA) is 51.2 Å². The molecule has 0 fully saturated rings. The number of carbonyl (C=O) groups excluding carboxylic acids is 1. The molecule has 114 valence electrons. The number of para-hydroxylation sites is 1. The average Bonchev–Trinajstić information content (AvgIpc) is 2.62. The molecule has 1 heterocycles. The molecule has 4 heteroatoms. The Bertz CT molecular complexity index is 774. The summed E-state index contributed by atoms with van der Waals surface area (Å²) in [7, 11) is 0. The van der Waals surface area contributed by atoms with Crippen LogP contribution in [0.5, 0.6) is 5.75 Å². The predicted molar refractivity (Wildman–Crippen MR) is 89.4 cm³/mol. The molecule has 23 heavy (non-hydrogen) atoms. The molecule has 4 nitrogen and oxygen atoms in total. The first-order valence-electron chi connectivity index (χ1n) is 7.30. The molecule has 0 radical (unpaired) electrons. The van der Waals surface area contributed by atoms with Gasteiger partial charge in [-0.25, -0.2) is 0 Å². The van der Waals surface area contributed by atoms with E-state index in [2.05, 4.69) is 10.3 Å². The van der Waals surface area contributed by atoms with E-state index in [1.54, 1.807) is 36.7 Å². The van der Waals surface area contributed by atoms with Crippen LogP contribution in [0.4, 0.5) is 5.69 Å². The zero-order chi connectivity index (χ0) is 15.9. The van der Waals surface area contributed by atoms with Crippen LogP contribution in [-0.4, -0.2) is 10.9 Å². The molecule has 0 unspecified atom stereocenters. The standard InChI is InChI=1S/C19H16N2O2/c22-19(21-16-9-6-12-20-13-16)17-10-4-5-11-18(17)23-14-15-7-2-1-3-8-15/h1-13H,14H2,(H,21,22). The third-order valence-corrected chi connectivity index (χ3v) is 3.29. The predicted octanol–water partition coefficient (Wildman–Crippen LogP) is 3.91. The van der Waals surface area contributed by atoms with Crippen molar-refractivity contribution >= 4 is 11.6 Å². The number of nitrogens with zero attached hydrogens (tertiary/aromatic N) is 1. The lowest BCUT2D eigenvalue weighted by Crippen LogP contribution is -2.13. The van der Waals surface area contributed by atoms with Gasteiger partial charge in [0.2, 0.25) is 0 Å². The molecule has 3 rings (SSSR count). The molecule has 0 aliphatic rings. The van der Waals surface area contributed by atoms with E-state index < -0.39 is 0 Å². The molecule has 0 bridgehead atoms. The Labute approximate surface area is 134 Å². The number of hydrogen-bond donors (Lipinski definition) is 1. The van der Waals surface area contributed by atoms with E-state index in [0.29, 0.717) is 23.6 Å². The van der Waals surface area contributed by atoms with E-state index in [1.165, 1.54) is 0 Å². The number of anilines is 1. The van der Waals surface area contributed by atoms with Crippen LogP contribution in [0.2, 0.25) is 0 Å². The lowest BCUT2D eigenvalue weighted by molar-refractivity contribution is 0.102. The highest BCUT2D eigenvalue weighted by molar-refractivity contribution is 6.06. The van der Waals surface area contributed by atoms with Gasteiger partial charge in [-0.05, 0) is 29.8 Å². The van der Waals surface area contributed by atoms with Gasteiger partial charge >= 0.3 is 0 Å². The van der Waals surface area contributed by atoms with Crippen LogP contribution in [0.1, 0.15) is 15.9 Å². The number of benzene rings is 2. The van der Waals surface area contributed by atoms with E-state index in [1.807, 2.05) is 42.5 Å². The fraction of sp³-hybridized carbons (Fsp3) is 0.0526. The lowest BCUT2D eigenvalue weighted by Gasteiger charge is -2.11. The van der Waals surface area contributed by atoms with Crippen LogP contribution in [0.25, 0.3) is 0 Å². The van der Waals surface area contributed by atoms with Gasteiger partial charge < -0.3 is 10.1 Å². The first-order chi connectivity index (χ1) is 11.3. The quantitative estimate of drug-likeness (QED) is 0.777. The Morgan fingerprint density at radius 3 is 2.52 bits per heavy atom. The summed E-state index contributed by atoms with van der Waals surface area (Å²) in [4.78, 5) is 16.4. The number of hydrogen-bond acceptors (Lipinski definition) is 3. The molecule has 0 aliphatic carbocycles. The Morgan fingerprint density at radius 1 is 0.957 bits per heavy atom. The molecular weight excluding hydrogens is 288 g/mol. The third-order valence-electron chi connectivity index (χ3n) is 3.29. The summed E-state index contributed by atoms with van der Waals surface area (Å²) in [5, 5.41) is 2.82. The maximum absolute atomic E-state index is 12.4. The van der Waals surface area contributed by atoms with Gasteiger partial charge in [-0.2, -0.15) is 0 Å². The summed E-state index contributed by atoms with van der Waals surface area (Å²) >= 11 is 0. The normalized spacial score (nSPS) is 10.1. The SMILES string of the molecule is O=C(Nc1cccnc1)c1ccccc1OCc1ccccc1. The smallest absolute Gasteiger partial charge is 0.259 e. The zero-order valence-electron chi connectivity index (χ0n) is 12.5. The van der Waals surface area contributed by atoms with E-state index in [0.717, 1.165) is 5.56 Å². The van der Waals surface area contributed by atoms with Crippen molar-refractivity contribution in [2.75, 3.05) is 5.32 Å². The van der Waals surface area contributed by atoms with Crippen molar-refractivity contribution in [1.29, 1.82) is 0 Å². The number of pyridine rings is 1. The highest BCUT2D eigenvalue weighted by Crippen LogP contribution is 2.20. The highest BCUT2D eigenvalue weighted by Gasteiger charge is 2.12. The van der Waals surface area contributed by atoms with Crippen LogP contribution in [-0.2, 0) is 6.61 Å². The Balaban J connectivity index is 1.73. The average molecular weight is 304 g/mol. The molecule has 1 amide bonds. The van der Waals surface area contributed by atoms with Crippen molar-refractivity contribution in [2.45, 2.75) is 6.61 Å². The van der Waals surface area contributed by atoms with Crippen LogP contribution in [0.15, 0.2) is 79.1 Å². The number of nitrogens with one attached hydrogen (secondary N) is 1. The van der Waals surface area contributed by atoms with E-state index in [-0.39, 0.29) is 5.91 Å². The molecular formula is C19H16N2O2. The number of carbonyl (C=O) groups is 1. The molecule has 3 aromatic rings. The van der Waals surface area contributed by atoms with Crippen molar-refractivity contribution in [2.24, 2.45) is 0 Å². The lowest BCUT2D eigenvalue weighted by atomic mass is 10.2. The summed E-state index contributed by atoms with van der Waals surface area (Å²) in [6.45, 7) is 0.415. The molecule has 0 saturated heterocycles. The molecule has 2 aromatic carbocycles. The minimum atomic E-state index is -0.221. The number of ether oxygens (including phenoxy) is 1. The Morgan fingerprint density at radius 2 is 1.74 bits per heavy atom. The fourth-order valence-corrected chi connectivity index (χ4v) is 2.15. The summed E-state index contributed by atoms with van der Waals surface area (Å²) in [6.07, 6.45) is 3.26. The van der Waals surface area contributed by atoms with Crippen LogP contribution >= 0.6 is 0 Å². The first-order valence-corrected chi connectivity index (χ1v) is 7.30. The second-order valence-corrected chi connectivity index (χ2v) is 4.97. The molecule has 0 atom stereocenters. The van der Waals surface area contributed by atoms with Gasteiger partial charge in [0.25, 0.3) is 5.91 Å². The maximum atomic E-state index is 12.4.